The summed E-state index contributed by atoms with van der Waals surface area (Å²) in [5.41, 5.74) is 2.60. The molecule has 2 aliphatic rings. The van der Waals surface area contributed by atoms with Crippen LogP contribution >= 0.6 is 0 Å². The topological polar surface area (TPSA) is 58.3 Å². The van der Waals surface area contributed by atoms with Gasteiger partial charge in [0, 0.05) is 19.1 Å². The molecule has 1 aliphatic carbocycles. The quantitative estimate of drug-likeness (QED) is 0.856. The number of aromatic nitrogens is 3. The smallest absolute Gasteiger partial charge is 0.208 e. The summed E-state index contributed by atoms with van der Waals surface area (Å²) in [6.45, 7) is 2.73. The van der Waals surface area contributed by atoms with Crippen LogP contribution in [0.1, 0.15) is 30.0 Å². The molecule has 0 atom stereocenters. The van der Waals surface area contributed by atoms with Gasteiger partial charge in [0.15, 0.2) is 5.82 Å². The molecular formula is C16H21N5O. The van der Waals surface area contributed by atoms with E-state index in [0.29, 0.717) is 6.04 Å². The number of hydrogen-bond donors (Lipinski definition) is 0. The first-order valence-corrected chi connectivity index (χ1v) is 7.98. The molecule has 6 heteroatoms. The van der Waals surface area contributed by atoms with Gasteiger partial charge >= 0.3 is 0 Å². The number of anilines is 1. The Morgan fingerprint density at radius 1 is 1.27 bits per heavy atom. The molecule has 0 saturated carbocycles. The Labute approximate surface area is 130 Å². The second-order valence-electron chi connectivity index (χ2n) is 6.28. The molecule has 0 aromatic carbocycles. The maximum atomic E-state index is 5.31. The van der Waals surface area contributed by atoms with Crippen molar-refractivity contribution in [3.05, 3.63) is 35.7 Å². The van der Waals surface area contributed by atoms with Crippen molar-refractivity contribution in [1.82, 2.24) is 20.1 Å². The highest BCUT2D eigenvalue weighted by atomic mass is 16.3. The van der Waals surface area contributed by atoms with Gasteiger partial charge in [-0.25, -0.2) is 4.98 Å². The monoisotopic (exact) mass is 299 g/mol. The third kappa shape index (κ3) is 2.59. The molecule has 3 heterocycles. The summed E-state index contributed by atoms with van der Waals surface area (Å²) in [6, 6.07) is 2.76. The van der Waals surface area contributed by atoms with Gasteiger partial charge in [0.05, 0.1) is 18.4 Å². The van der Waals surface area contributed by atoms with E-state index in [1.165, 1.54) is 24.1 Å². The SMILES string of the molecule is CN(Cc1ncco1)C1CN(c2cc3c(nn2)CCCC3)C1. The summed E-state index contributed by atoms with van der Waals surface area (Å²) in [5.74, 6) is 1.80. The lowest BCUT2D eigenvalue weighted by molar-refractivity contribution is 0.180. The van der Waals surface area contributed by atoms with Crippen LogP contribution in [0.3, 0.4) is 0 Å². The Morgan fingerprint density at radius 2 is 2.14 bits per heavy atom. The first kappa shape index (κ1) is 13.7. The Bertz CT molecular complexity index is 636. The zero-order valence-electron chi connectivity index (χ0n) is 12.9. The first-order chi connectivity index (χ1) is 10.8. The molecule has 1 aliphatic heterocycles. The highest BCUT2D eigenvalue weighted by Gasteiger charge is 2.32. The zero-order valence-corrected chi connectivity index (χ0v) is 12.9. The molecule has 2 aromatic rings. The second-order valence-corrected chi connectivity index (χ2v) is 6.28. The van der Waals surface area contributed by atoms with Crippen LogP contribution in [0.2, 0.25) is 0 Å². The van der Waals surface area contributed by atoms with Crippen LogP contribution in [0.15, 0.2) is 22.9 Å². The van der Waals surface area contributed by atoms with Gasteiger partial charge in [0.2, 0.25) is 5.89 Å². The van der Waals surface area contributed by atoms with E-state index in [0.717, 1.165) is 44.2 Å². The molecule has 0 spiro atoms. The average Bonchev–Trinajstić information content (AvgIpc) is 2.98. The largest absolute Gasteiger partial charge is 0.448 e. The van der Waals surface area contributed by atoms with Gasteiger partial charge in [0.25, 0.3) is 0 Å². The highest BCUT2D eigenvalue weighted by Crippen LogP contribution is 2.26. The van der Waals surface area contributed by atoms with Crippen LogP contribution in [-0.2, 0) is 19.4 Å². The predicted octanol–water partition coefficient (Wildman–Crippen LogP) is 1.66. The van der Waals surface area contributed by atoms with E-state index in [-0.39, 0.29) is 0 Å². The van der Waals surface area contributed by atoms with Crippen LogP contribution in [0.25, 0.3) is 0 Å². The molecule has 6 nitrogen and oxygen atoms in total. The van der Waals surface area contributed by atoms with Gasteiger partial charge in [-0.2, -0.15) is 5.10 Å². The van der Waals surface area contributed by atoms with Crippen molar-refractivity contribution in [2.75, 3.05) is 25.0 Å². The lowest BCUT2D eigenvalue weighted by atomic mass is 9.96. The van der Waals surface area contributed by atoms with Gasteiger partial charge in [-0.3, -0.25) is 4.90 Å². The lowest BCUT2D eigenvalue weighted by Crippen LogP contribution is -2.58. The van der Waals surface area contributed by atoms with Crippen LogP contribution in [0.4, 0.5) is 5.82 Å². The lowest BCUT2D eigenvalue weighted by Gasteiger charge is -2.44. The van der Waals surface area contributed by atoms with Gasteiger partial charge < -0.3 is 9.32 Å². The van der Waals surface area contributed by atoms with E-state index in [9.17, 15) is 0 Å². The maximum absolute atomic E-state index is 5.31. The molecule has 116 valence electrons. The maximum Gasteiger partial charge on any atom is 0.208 e. The van der Waals surface area contributed by atoms with Gasteiger partial charge in [-0.15, -0.1) is 5.10 Å². The molecule has 4 rings (SSSR count). The number of likely N-dealkylation sites (N-methyl/N-ethyl adjacent to an activating group) is 1. The molecule has 0 amide bonds. The van der Waals surface area contributed by atoms with Crippen molar-refractivity contribution in [2.24, 2.45) is 0 Å². The normalized spacial score (nSPS) is 18.4. The highest BCUT2D eigenvalue weighted by molar-refractivity contribution is 5.45. The van der Waals surface area contributed by atoms with Gasteiger partial charge in [-0.1, -0.05) is 0 Å². The number of oxazole rings is 1. The fourth-order valence-electron chi connectivity index (χ4n) is 3.23. The van der Waals surface area contributed by atoms with E-state index >= 15 is 0 Å². The summed E-state index contributed by atoms with van der Waals surface area (Å²) < 4.78 is 5.31. The molecule has 1 saturated heterocycles. The van der Waals surface area contributed by atoms with Crippen molar-refractivity contribution in [1.29, 1.82) is 0 Å². The third-order valence-electron chi connectivity index (χ3n) is 4.73. The first-order valence-electron chi connectivity index (χ1n) is 7.98. The molecule has 2 aromatic heterocycles. The Kier molecular flexibility index (Phi) is 3.54. The van der Waals surface area contributed by atoms with Crippen molar-refractivity contribution in [3.8, 4) is 0 Å². The standard InChI is InChI=1S/C16H21N5O/c1-20(11-16-17-6-7-22-16)13-9-21(10-13)15-8-12-4-2-3-5-14(12)18-19-15/h6-8,13H,2-5,9-11H2,1H3. The zero-order chi connectivity index (χ0) is 14.9. The number of hydrogen-bond acceptors (Lipinski definition) is 6. The van der Waals surface area contributed by atoms with Gasteiger partial charge in [-0.05, 0) is 44.4 Å². The van der Waals surface area contributed by atoms with E-state index in [2.05, 4.69) is 38.1 Å². The molecule has 22 heavy (non-hydrogen) atoms. The van der Waals surface area contributed by atoms with E-state index < -0.39 is 0 Å². The van der Waals surface area contributed by atoms with Crippen molar-refractivity contribution in [3.63, 3.8) is 0 Å². The minimum absolute atomic E-state index is 0.518. The molecule has 0 radical (unpaired) electrons. The fraction of sp³-hybridized carbons (Fsp3) is 0.562. The number of fused-ring (bicyclic) bond motifs is 1. The second kappa shape index (κ2) is 5.68. The van der Waals surface area contributed by atoms with Crippen molar-refractivity contribution in [2.45, 2.75) is 38.3 Å². The molecule has 0 N–H and O–H groups in total. The van der Waals surface area contributed by atoms with Crippen molar-refractivity contribution < 1.29 is 4.42 Å². The molecular weight excluding hydrogens is 278 g/mol. The summed E-state index contributed by atoms with van der Waals surface area (Å²) in [4.78, 5) is 8.77. The summed E-state index contributed by atoms with van der Waals surface area (Å²) in [6.07, 6.45) is 8.08. The Morgan fingerprint density at radius 3 is 2.95 bits per heavy atom. The number of nitrogens with zero attached hydrogens (tertiary/aromatic N) is 5. The van der Waals surface area contributed by atoms with Crippen LogP contribution < -0.4 is 4.90 Å². The Balaban J connectivity index is 1.36. The summed E-state index contributed by atoms with van der Waals surface area (Å²) in [7, 11) is 2.12. The van der Waals surface area contributed by atoms with E-state index in [1.54, 1.807) is 12.5 Å². The molecule has 0 unspecified atom stereocenters. The van der Waals surface area contributed by atoms with Crippen molar-refractivity contribution >= 4 is 5.82 Å². The Hall–Kier alpha value is -1.95. The summed E-state index contributed by atoms with van der Waals surface area (Å²) in [5, 5.41) is 8.83. The minimum Gasteiger partial charge on any atom is -0.448 e. The predicted molar refractivity (Wildman–Crippen MR) is 82.6 cm³/mol. The molecule has 1 fully saturated rings. The fourth-order valence-corrected chi connectivity index (χ4v) is 3.23. The van der Waals surface area contributed by atoms with Crippen LogP contribution in [-0.4, -0.2) is 46.3 Å². The van der Waals surface area contributed by atoms with Crippen LogP contribution in [0.5, 0.6) is 0 Å². The third-order valence-corrected chi connectivity index (χ3v) is 4.73. The van der Waals surface area contributed by atoms with Gasteiger partial charge in [0.1, 0.15) is 6.26 Å². The van der Waals surface area contributed by atoms with Crippen LogP contribution in [0, 0.1) is 0 Å². The average molecular weight is 299 g/mol. The number of rotatable bonds is 4. The minimum atomic E-state index is 0.518. The van der Waals surface area contributed by atoms with E-state index in [1.807, 2.05) is 0 Å². The summed E-state index contributed by atoms with van der Waals surface area (Å²) >= 11 is 0. The number of aryl methyl sites for hydroxylation is 2. The molecule has 0 bridgehead atoms. The van der Waals surface area contributed by atoms with E-state index in [4.69, 9.17) is 4.42 Å².